The highest BCUT2D eigenvalue weighted by Gasteiger charge is 2.31. The van der Waals surface area contributed by atoms with Gasteiger partial charge in [0.05, 0.1) is 0 Å². The third kappa shape index (κ3) is 5.79. The van der Waals surface area contributed by atoms with Crippen LogP contribution in [0.3, 0.4) is 0 Å². The Morgan fingerprint density at radius 3 is 2.35 bits per heavy atom. The predicted octanol–water partition coefficient (Wildman–Crippen LogP) is 2.70. The van der Waals surface area contributed by atoms with Crippen molar-refractivity contribution in [3.8, 4) is 0 Å². The van der Waals surface area contributed by atoms with Crippen LogP contribution in [0, 0.1) is 11.8 Å². The van der Waals surface area contributed by atoms with Crippen molar-refractivity contribution in [1.29, 1.82) is 0 Å². The Bertz CT molecular complexity index is 533. The van der Waals surface area contributed by atoms with Gasteiger partial charge in [0.2, 0.25) is 5.91 Å². The molecule has 1 atom stereocenters. The van der Waals surface area contributed by atoms with E-state index in [0.717, 1.165) is 19.3 Å². The van der Waals surface area contributed by atoms with E-state index in [1.807, 2.05) is 24.3 Å². The van der Waals surface area contributed by atoms with Crippen LogP contribution in [0.1, 0.15) is 55.5 Å². The van der Waals surface area contributed by atoms with Gasteiger partial charge in [0, 0.05) is 31.0 Å². The Morgan fingerprint density at radius 2 is 1.83 bits per heavy atom. The fraction of sp³-hybridized carbons (Fsp3) is 0.579. The molecule has 1 unspecified atom stereocenters. The zero-order chi connectivity index (χ0) is 16.8. The second-order valence-electron chi connectivity index (χ2n) is 6.97. The normalized spacial score (nSPS) is 15.5. The monoisotopic (exact) mass is 316 g/mol. The average molecular weight is 316 g/mol. The molecule has 0 spiro atoms. The molecule has 0 aliphatic heterocycles. The number of hydrogen-bond acceptors (Lipinski definition) is 3. The highest BCUT2D eigenvalue weighted by atomic mass is 16.2. The lowest BCUT2D eigenvalue weighted by molar-refractivity contribution is -0.121. The van der Waals surface area contributed by atoms with E-state index < -0.39 is 0 Å². The molecule has 1 aliphatic rings. The fourth-order valence-electron chi connectivity index (χ4n) is 2.82. The van der Waals surface area contributed by atoms with E-state index in [9.17, 15) is 9.59 Å². The quantitative estimate of drug-likeness (QED) is 0.688. The molecule has 1 saturated carbocycles. The number of nitrogens with one attached hydrogen (secondary N) is 1. The summed E-state index contributed by atoms with van der Waals surface area (Å²) in [5.74, 6) is 1.08. The molecule has 1 fully saturated rings. The van der Waals surface area contributed by atoms with Gasteiger partial charge in [0.1, 0.15) is 0 Å². The number of rotatable bonds is 9. The van der Waals surface area contributed by atoms with Crippen molar-refractivity contribution in [3.05, 3.63) is 35.4 Å². The van der Waals surface area contributed by atoms with Crippen LogP contribution in [0.5, 0.6) is 0 Å². The molecular weight excluding hydrogens is 288 g/mol. The van der Waals surface area contributed by atoms with E-state index in [1.165, 1.54) is 5.56 Å². The lowest BCUT2D eigenvalue weighted by Crippen LogP contribution is -2.41. The van der Waals surface area contributed by atoms with Crippen molar-refractivity contribution in [2.45, 2.75) is 52.0 Å². The van der Waals surface area contributed by atoms with Crippen LogP contribution >= 0.6 is 0 Å². The summed E-state index contributed by atoms with van der Waals surface area (Å²) in [7, 11) is 0. The second kappa shape index (κ2) is 8.25. The summed E-state index contributed by atoms with van der Waals surface area (Å²) in [5, 5.41) is 2.95. The minimum Gasteiger partial charge on any atom is -0.352 e. The molecular formula is C19H28N2O2. The molecule has 4 heteroatoms. The molecule has 4 nitrogen and oxygen atoms in total. The van der Waals surface area contributed by atoms with Gasteiger partial charge >= 0.3 is 0 Å². The van der Waals surface area contributed by atoms with Crippen LogP contribution in [-0.4, -0.2) is 24.3 Å². The number of carbonyl (C=O) groups excluding carboxylic acids is 2. The average Bonchev–Trinajstić information content (AvgIpc) is 3.35. The molecule has 1 aromatic rings. The molecule has 0 aromatic heterocycles. The van der Waals surface area contributed by atoms with Crippen molar-refractivity contribution < 1.29 is 9.59 Å². The van der Waals surface area contributed by atoms with Crippen LogP contribution in [0.4, 0.5) is 0 Å². The number of Topliss-reactive ketones (excluding diaryl/α,β-unsaturated/α-hetero) is 1. The number of ketones is 1. The highest BCUT2D eigenvalue weighted by Crippen LogP contribution is 2.32. The predicted molar refractivity (Wildman–Crippen MR) is 92.3 cm³/mol. The lowest BCUT2D eigenvalue weighted by atomic mass is 9.99. The fourth-order valence-corrected chi connectivity index (χ4v) is 2.82. The number of amides is 1. The molecule has 1 amide bonds. The Balaban J connectivity index is 1.78. The van der Waals surface area contributed by atoms with Gasteiger partial charge in [-0.3, -0.25) is 9.59 Å². The maximum absolute atomic E-state index is 12.2. The summed E-state index contributed by atoms with van der Waals surface area (Å²) in [6.07, 6.45) is 3.78. The van der Waals surface area contributed by atoms with Crippen LogP contribution < -0.4 is 11.1 Å². The van der Waals surface area contributed by atoms with Crippen LogP contribution in [-0.2, 0) is 11.2 Å². The Hall–Kier alpha value is -1.68. The van der Waals surface area contributed by atoms with Gasteiger partial charge in [0.25, 0.3) is 0 Å². The number of carbonyl (C=O) groups is 2. The summed E-state index contributed by atoms with van der Waals surface area (Å²) in [6.45, 7) is 4.82. The van der Waals surface area contributed by atoms with Gasteiger partial charge < -0.3 is 11.1 Å². The summed E-state index contributed by atoms with van der Waals surface area (Å²) < 4.78 is 0. The van der Waals surface area contributed by atoms with E-state index in [1.54, 1.807) is 0 Å². The third-order valence-electron chi connectivity index (χ3n) is 4.29. The minimum atomic E-state index is -0.0721. The van der Waals surface area contributed by atoms with Gasteiger partial charge in [0.15, 0.2) is 5.78 Å². The SMILES string of the molecule is CC(C)Cc1ccc(C(=O)CCC(=O)NC(CN)C2CC2)cc1. The lowest BCUT2D eigenvalue weighted by Gasteiger charge is -2.15. The van der Waals surface area contributed by atoms with Crippen LogP contribution in [0.2, 0.25) is 0 Å². The van der Waals surface area contributed by atoms with Crippen molar-refractivity contribution in [3.63, 3.8) is 0 Å². The van der Waals surface area contributed by atoms with E-state index in [4.69, 9.17) is 5.73 Å². The molecule has 1 aromatic carbocycles. The largest absolute Gasteiger partial charge is 0.352 e. The zero-order valence-corrected chi connectivity index (χ0v) is 14.2. The first-order valence-electron chi connectivity index (χ1n) is 8.61. The second-order valence-corrected chi connectivity index (χ2v) is 6.97. The summed E-state index contributed by atoms with van der Waals surface area (Å²) in [5.41, 5.74) is 7.60. The van der Waals surface area contributed by atoms with Crippen LogP contribution in [0.15, 0.2) is 24.3 Å². The first-order valence-corrected chi connectivity index (χ1v) is 8.61. The van der Waals surface area contributed by atoms with Crippen molar-refractivity contribution in [1.82, 2.24) is 5.32 Å². The van der Waals surface area contributed by atoms with E-state index in [0.29, 0.717) is 23.9 Å². The van der Waals surface area contributed by atoms with Crippen molar-refractivity contribution >= 4 is 11.7 Å². The standard InChI is InChI=1S/C19H28N2O2/c1-13(2)11-14-3-5-16(6-4-14)18(22)9-10-19(23)21-17(12-20)15-7-8-15/h3-6,13,15,17H,7-12,20H2,1-2H3,(H,21,23). The van der Waals surface area contributed by atoms with E-state index in [-0.39, 0.29) is 30.6 Å². The number of benzene rings is 1. The van der Waals surface area contributed by atoms with E-state index in [2.05, 4.69) is 19.2 Å². The molecule has 0 saturated heterocycles. The first-order chi connectivity index (χ1) is 11.0. The molecule has 0 bridgehead atoms. The Morgan fingerprint density at radius 1 is 1.17 bits per heavy atom. The number of hydrogen-bond donors (Lipinski definition) is 2. The van der Waals surface area contributed by atoms with Gasteiger partial charge in [-0.05, 0) is 36.7 Å². The molecule has 2 rings (SSSR count). The molecule has 0 radical (unpaired) electrons. The van der Waals surface area contributed by atoms with Gasteiger partial charge in [-0.25, -0.2) is 0 Å². The smallest absolute Gasteiger partial charge is 0.220 e. The summed E-state index contributed by atoms with van der Waals surface area (Å²) in [6, 6.07) is 7.82. The van der Waals surface area contributed by atoms with Crippen LogP contribution in [0.25, 0.3) is 0 Å². The molecule has 3 N–H and O–H groups in total. The van der Waals surface area contributed by atoms with Crippen molar-refractivity contribution in [2.75, 3.05) is 6.54 Å². The number of nitrogens with two attached hydrogens (primary N) is 1. The zero-order valence-electron chi connectivity index (χ0n) is 14.2. The van der Waals surface area contributed by atoms with Crippen molar-refractivity contribution in [2.24, 2.45) is 17.6 Å². The Kier molecular flexibility index (Phi) is 6.34. The molecule has 1 aliphatic carbocycles. The maximum Gasteiger partial charge on any atom is 0.220 e. The molecule has 0 heterocycles. The van der Waals surface area contributed by atoms with E-state index >= 15 is 0 Å². The summed E-state index contributed by atoms with van der Waals surface area (Å²) >= 11 is 0. The first kappa shape index (κ1) is 17.7. The Labute approximate surface area is 138 Å². The maximum atomic E-state index is 12.2. The topological polar surface area (TPSA) is 72.2 Å². The summed E-state index contributed by atoms with van der Waals surface area (Å²) in [4.78, 5) is 24.1. The molecule has 23 heavy (non-hydrogen) atoms. The van der Waals surface area contributed by atoms with Gasteiger partial charge in [-0.1, -0.05) is 38.1 Å². The third-order valence-corrected chi connectivity index (χ3v) is 4.29. The highest BCUT2D eigenvalue weighted by molar-refractivity contribution is 5.98. The molecule has 126 valence electrons. The van der Waals surface area contributed by atoms with Gasteiger partial charge in [-0.2, -0.15) is 0 Å². The minimum absolute atomic E-state index is 0.0203. The van der Waals surface area contributed by atoms with Gasteiger partial charge in [-0.15, -0.1) is 0 Å².